The zero-order valence-electron chi connectivity index (χ0n) is 7.04. The van der Waals surface area contributed by atoms with Gasteiger partial charge in [0.15, 0.2) is 0 Å². The molecule has 8 heteroatoms. The van der Waals surface area contributed by atoms with Crippen LogP contribution in [0.25, 0.3) is 0 Å². The molecule has 0 aromatic carbocycles. The predicted octanol–water partition coefficient (Wildman–Crippen LogP) is 0.541. The lowest BCUT2D eigenvalue weighted by Gasteiger charge is -2.14. The van der Waals surface area contributed by atoms with E-state index in [1.807, 2.05) is 5.32 Å². The number of hydrogen-bond acceptors (Lipinski definition) is 3. The van der Waals surface area contributed by atoms with Crippen molar-refractivity contribution < 1.29 is 32.9 Å². The van der Waals surface area contributed by atoms with Crippen LogP contribution >= 0.6 is 0 Å². The number of carbonyl (C=O) groups is 1. The summed E-state index contributed by atoms with van der Waals surface area (Å²) in [5.74, 6) is 0. The van der Waals surface area contributed by atoms with E-state index in [0.29, 0.717) is 0 Å². The smallest absolute Gasteiger partial charge is 0.465 e. The highest BCUT2D eigenvalue weighted by molar-refractivity contribution is 5.64. The number of halogens is 3. The fourth-order valence-electron chi connectivity index (χ4n) is 0.701. The minimum Gasteiger partial charge on any atom is -0.465 e. The van der Waals surface area contributed by atoms with Gasteiger partial charge in [-0.05, 0) is 6.42 Å². The van der Waals surface area contributed by atoms with Crippen LogP contribution in [0.4, 0.5) is 18.0 Å². The van der Waals surface area contributed by atoms with E-state index in [-0.39, 0.29) is 6.42 Å². The van der Waals surface area contributed by atoms with Gasteiger partial charge in [0.05, 0.1) is 19.3 Å². The fraction of sp³-hybridized carbons (Fsp3) is 0.833. The molecule has 0 radical (unpaired) electrons. The lowest BCUT2D eigenvalue weighted by molar-refractivity contribution is -0.325. The van der Waals surface area contributed by atoms with Gasteiger partial charge in [-0.25, -0.2) is 4.79 Å². The molecule has 0 saturated heterocycles. The summed E-state index contributed by atoms with van der Waals surface area (Å²) in [5, 5.41) is 18.6. The highest BCUT2D eigenvalue weighted by Crippen LogP contribution is 2.16. The zero-order chi connectivity index (χ0) is 11.2. The minimum atomic E-state index is -4.73. The molecule has 0 bridgehead atoms. The molecule has 0 saturated carbocycles. The predicted molar refractivity (Wildman–Crippen MR) is 38.7 cm³/mol. The average molecular weight is 217 g/mol. The number of rotatable bonds is 5. The number of amides is 1. The molecular formula is C6H10F3NO4. The maximum Gasteiger partial charge on any atom is 0.522 e. The molecule has 0 fully saturated rings. The van der Waals surface area contributed by atoms with Crippen molar-refractivity contribution in [2.75, 3.05) is 13.2 Å². The molecule has 5 nitrogen and oxygen atoms in total. The van der Waals surface area contributed by atoms with Crippen molar-refractivity contribution in [2.24, 2.45) is 0 Å². The molecule has 3 N–H and O–H groups in total. The Balaban J connectivity index is 3.68. The average Bonchev–Trinajstić information content (AvgIpc) is 1.99. The Morgan fingerprint density at radius 2 is 2.07 bits per heavy atom. The molecule has 1 amide bonds. The van der Waals surface area contributed by atoms with E-state index in [4.69, 9.17) is 10.2 Å². The van der Waals surface area contributed by atoms with Gasteiger partial charge in [-0.2, -0.15) is 0 Å². The van der Waals surface area contributed by atoms with E-state index in [0.717, 1.165) is 0 Å². The summed E-state index contributed by atoms with van der Waals surface area (Å²) >= 11 is 0. The number of hydrogen-bond donors (Lipinski definition) is 3. The summed E-state index contributed by atoms with van der Waals surface area (Å²) < 4.78 is 37.8. The Kier molecular flexibility index (Phi) is 5.24. The molecule has 0 aliphatic heterocycles. The van der Waals surface area contributed by atoms with Gasteiger partial charge in [0.1, 0.15) is 0 Å². The van der Waals surface area contributed by atoms with Crippen LogP contribution in [0.2, 0.25) is 0 Å². The molecule has 1 atom stereocenters. The summed E-state index contributed by atoms with van der Waals surface area (Å²) in [4.78, 5) is 10.0. The van der Waals surface area contributed by atoms with Crippen molar-refractivity contribution in [1.82, 2.24) is 5.32 Å². The molecule has 84 valence electrons. The molecule has 1 unspecified atom stereocenters. The maximum atomic E-state index is 11.5. The van der Waals surface area contributed by atoms with Crippen LogP contribution in [0.1, 0.15) is 6.42 Å². The van der Waals surface area contributed by atoms with Gasteiger partial charge in [0, 0.05) is 0 Å². The molecule has 0 aliphatic carbocycles. The van der Waals surface area contributed by atoms with Gasteiger partial charge in [-0.1, -0.05) is 0 Å². The Bertz CT molecular complexity index is 184. The molecule has 0 rings (SSSR count). The quantitative estimate of drug-likeness (QED) is 0.628. The molecule has 0 heterocycles. The van der Waals surface area contributed by atoms with Crippen LogP contribution in [0, 0.1) is 0 Å². The second kappa shape index (κ2) is 5.66. The number of nitrogens with one attached hydrogen (secondary N) is 1. The summed E-state index contributed by atoms with van der Waals surface area (Å²) in [7, 11) is 0. The van der Waals surface area contributed by atoms with E-state index in [2.05, 4.69) is 4.74 Å². The summed E-state index contributed by atoms with van der Waals surface area (Å²) in [6.07, 6.45) is -6.39. The van der Waals surface area contributed by atoms with E-state index in [1.54, 1.807) is 0 Å². The lowest BCUT2D eigenvalue weighted by Crippen LogP contribution is -2.37. The minimum absolute atomic E-state index is 0.248. The number of carboxylic acid groups (broad SMARTS) is 1. The Morgan fingerprint density at radius 1 is 1.50 bits per heavy atom. The van der Waals surface area contributed by atoms with E-state index < -0.39 is 31.7 Å². The summed E-state index contributed by atoms with van der Waals surface area (Å²) in [5.41, 5.74) is 0. The third-order valence-corrected chi connectivity index (χ3v) is 1.28. The Hall–Kier alpha value is -1.02. The first-order valence-corrected chi connectivity index (χ1v) is 3.66. The first kappa shape index (κ1) is 13.0. The third-order valence-electron chi connectivity index (χ3n) is 1.28. The maximum absolute atomic E-state index is 11.5. The van der Waals surface area contributed by atoms with Crippen LogP contribution in [0.3, 0.4) is 0 Å². The summed E-state index contributed by atoms with van der Waals surface area (Å²) in [6, 6.07) is -0.949. The SMILES string of the molecule is O=C(O)NC(CO)CCOC(F)(F)F. The molecule has 0 aromatic heterocycles. The van der Waals surface area contributed by atoms with Gasteiger partial charge < -0.3 is 15.5 Å². The van der Waals surface area contributed by atoms with Crippen LogP contribution in [0.15, 0.2) is 0 Å². The van der Waals surface area contributed by atoms with Crippen LogP contribution in [-0.2, 0) is 4.74 Å². The van der Waals surface area contributed by atoms with Crippen molar-refractivity contribution in [2.45, 2.75) is 18.8 Å². The van der Waals surface area contributed by atoms with Crippen molar-refractivity contribution >= 4 is 6.09 Å². The molecule has 0 aliphatic rings. The fourth-order valence-corrected chi connectivity index (χ4v) is 0.701. The highest BCUT2D eigenvalue weighted by Gasteiger charge is 2.29. The van der Waals surface area contributed by atoms with Crippen LogP contribution in [-0.4, -0.2) is 41.9 Å². The standard InChI is InChI=1S/C6H10F3NO4/c7-6(8,9)14-2-1-4(3-11)10-5(12)13/h4,10-11H,1-3H2,(H,12,13). The van der Waals surface area contributed by atoms with Crippen LogP contribution in [0.5, 0.6) is 0 Å². The first-order chi connectivity index (χ1) is 6.35. The largest absolute Gasteiger partial charge is 0.522 e. The van der Waals surface area contributed by atoms with Crippen molar-refractivity contribution in [3.8, 4) is 0 Å². The lowest BCUT2D eigenvalue weighted by atomic mass is 10.2. The van der Waals surface area contributed by atoms with Crippen molar-refractivity contribution in [1.29, 1.82) is 0 Å². The monoisotopic (exact) mass is 217 g/mol. The van der Waals surface area contributed by atoms with E-state index in [1.165, 1.54) is 0 Å². The first-order valence-electron chi connectivity index (χ1n) is 3.66. The third kappa shape index (κ3) is 7.62. The van der Waals surface area contributed by atoms with Crippen molar-refractivity contribution in [3.05, 3.63) is 0 Å². The number of aliphatic hydroxyl groups excluding tert-OH is 1. The molecular weight excluding hydrogens is 207 g/mol. The molecule has 14 heavy (non-hydrogen) atoms. The van der Waals surface area contributed by atoms with Gasteiger partial charge >= 0.3 is 12.5 Å². The van der Waals surface area contributed by atoms with Gasteiger partial charge in [-0.15, -0.1) is 13.2 Å². The topological polar surface area (TPSA) is 78.8 Å². The summed E-state index contributed by atoms with van der Waals surface area (Å²) in [6.45, 7) is -1.28. The number of aliphatic hydroxyl groups is 1. The van der Waals surface area contributed by atoms with Gasteiger partial charge in [0.2, 0.25) is 0 Å². The van der Waals surface area contributed by atoms with Crippen LogP contribution < -0.4 is 5.32 Å². The van der Waals surface area contributed by atoms with Gasteiger partial charge in [0.25, 0.3) is 0 Å². The Morgan fingerprint density at radius 3 is 2.43 bits per heavy atom. The number of alkyl halides is 3. The van der Waals surface area contributed by atoms with E-state index >= 15 is 0 Å². The second-order valence-electron chi connectivity index (χ2n) is 2.41. The second-order valence-corrected chi connectivity index (χ2v) is 2.41. The van der Waals surface area contributed by atoms with Crippen molar-refractivity contribution in [3.63, 3.8) is 0 Å². The number of ether oxygens (including phenoxy) is 1. The Labute approximate surface area is 77.5 Å². The van der Waals surface area contributed by atoms with E-state index in [9.17, 15) is 18.0 Å². The normalized spacial score (nSPS) is 13.7. The molecule has 0 aromatic rings. The zero-order valence-corrected chi connectivity index (χ0v) is 7.04. The highest BCUT2D eigenvalue weighted by atomic mass is 19.4. The van der Waals surface area contributed by atoms with Gasteiger partial charge in [-0.3, -0.25) is 4.74 Å². The molecule has 0 spiro atoms.